The van der Waals surface area contributed by atoms with Gasteiger partial charge in [-0.2, -0.15) is 0 Å². The molecule has 0 spiro atoms. The van der Waals surface area contributed by atoms with E-state index >= 15 is 0 Å². The Labute approximate surface area is 264 Å². The van der Waals surface area contributed by atoms with Crippen LogP contribution >= 0.6 is 35.0 Å². The zero-order valence-electron chi connectivity index (χ0n) is 26.3. The minimum atomic E-state index is -0.511. The first-order valence-corrected chi connectivity index (χ1v) is 16.7. The van der Waals surface area contributed by atoms with Gasteiger partial charge in [0, 0.05) is 28.2 Å². The molecular weight excluding hydrogens is 589 g/mol. The fraction of sp³-hybridized carbons (Fsp3) is 0.606. The molecule has 0 radical (unpaired) electrons. The monoisotopic (exact) mass is 633 g/mol. The first kappa shape index (κ1) is 32.9. The number of carbonyl (C=O) groups is 1. The molecule has 42 heavy (non-hydrogen) atoms. The van der Waals surface area contributed by atoms with Gasteiger partial charge in [-0.25, -0.2) is 19.0 Å². The molecule has 230 valence electrons. The number of esters is 1. The molecular formula is C33H45Cl2N3O3S. The van der Waals surface area contributed by atoms with Gasteiger partial charge in [0.05, 0.1) is 0 Å². The average molecular weight is 635 g/mol. The lowest BCUT2D eigenvalue weighted by atomic mass is 9.59. The van der Waals surface area contributed by atoms with Crippen molar-refractivity contribution >= 4 is 46.6 Å². The summed E-state index contributed by atoms with van der Waals surface area (Å²) >= 11 is 14.6. The summed E-state index contributed by atoms with van der Waals surface area (Å²) in [5, 5.41) is 1.12. The second-order valence-corrected chi connectivity index (χ2v) is 16.4. The van der Waals surface area contributed by atoms with Gasteiger partial charge in [-0.05, 0) is 59.6 Å². The number of aromatic amines is 1. The van der Waals surface area contributed by atoms with E-state index in [9.17, 15) is 9.59 Å². The van der Waals surface area contributed by atoms with Gasteiger partial charge in [0.2, 0.25) is 0 Å². The van der Waals surface area contributed by atoms with Crippen LogP contribution in [0.2, 0.25) is 10.2 Å². The number of carbonyl (C=O) groups excluding carboxylic acids is 1. The van der Waals surface area contributed by atoms with E-state index in [1.807, 2.05) is 0 Å². The van der Waals surface area contributed by atoms with Crippen LogP contribution in [0.1, 0.15) is 91.9 Å². The number of fused-ring (bicyclic) bond motifs is 1. The summed E-state index contributed by atoms with van der Waals surface area (Å²) < 4.78 is 7.89. The second kappa shape index (κ2) is 12.6. The highest BCUT2D eigenvalue weighted by Crippen LogP contribution is 2.50. The third-order valence-electron chi connectivity index (χ3n) is 8.56. The number of hydrogen-bond acceptors (Lipinski definition) is 5. The van der Waals surface area contributed by atoms with Crippen molar-refractivity contribution in [2.45, 2.75) is 92.8 Å². The molecule has 4 rings (SSSR count). The minimum absolute atomic E-state index is 0.0712. The van der Waals surface area contributed by atoms with Crippen LogP contribution in [0.15, 0.2) is 34.2 Å². The number of benzene rings is 1. The van der Waals surface area contributed by atoms with Crippen LogP contribution < -0.4 is 5.69 Å². The lowest BCUT2D eigenvalue weighted by molar-refractivity contribution is -0.0922. The Morgan fingerprint density at radius 3 is 2.17 bits per heavy atom. The molecule has 1 aromatic carbocycles. The molecule has 0 amide bonds. The number of aromatic nitrogens is 3. The summed E-state index contributed by atoms with van der Waals surface area (Å²) in [4.78, 5) is 35.5. The quantitative estimate of drug-likeness (QED) is 0.207. The van der Waals surface area contributed by atoms with Crippen LogP contribution in [0, 0.1) is 34.5 Å². The third kappa shape index (κ3) is 7.05. The van der Waals surface area contributed by atoms with Crippen molar-refractivity contribution in [2.75, 3.05) is 5.75 Å². The van der Waals surface area contributed by atoms with Crippen molar-refractivity contribution in [3.63, 3.8) is 0 Å². The van der Waals surface area contributed by atoms with Gasteiger partial charge in [-0.1, -0.05) is 109 Å². The molecule has 2 heterocycles. The Balaban J connectivity index is 1.89. The molecule has 9 heteroatoms. The standard InChI is InChI=1S/C33H45Cl2N3O3S/c1-18(2)14-15-42-30-36-28-25(24(20-10-12-21(34)13-11-20)27(35)38(28)31(40)37-30)29(39)41-26-22(32(4,5)6)16-19(3)17-23(26)33(7,8)9/h10-13,18-19,22-23,26H,14-17H2,1-9H3,(H,36,37,40). The predicted octanol–water partition coefficient (Wildman–Crippen LogP) is 9.41. The van der Waals surface area contributed by atoms with Crippen molar-refractivity contribution in [1.29, 1.82) is 0 Å². The summed E-state index contributed by atoms with van der Waals surface area (Å²) in [6.45, 7) is 19.9. The lowest BCUT2D eigenvalue weighted by Gasteiger charge is -2.50. The first-order chi connectivity index (χ1) is 19.5. The van der Waals surface area contributed by atoms with Gasteiger partial charge in [0.1, 0.15) is 16.8 Å². The molecule has 2 unspecified atom stereocenters. The van der Waals surface area contributed by atoms with Crippen molar-refractivity contribution in [3.8, 4) is 11.1 Å². The van der Waals surface area contributed by atoms with Gasteiger partial charge in [-0.3, -0.25) is 4.98 Å². The Bertz CT molecular complexity index is 1460. The number of hydrogen-bond donors (Lipinski definition) is 1. The minimum Gasteiger partial charge on any atom is -0.458 e. The van der Waals surface area contributed by atoms with Crippen molar-refractivity contribution < 1.29 is 9.53 Å². The highest BCUT2D eigenvalue weighted by Gasteiger charge is 2.48. The van der Waals surface area contributed by atoms with Crippen LogP contribution in [0.5, 0.6) is 0 Å². The Kier molecular flexibility index (Phi) is 9.86. The van der Waals surface area contributed by atoms with Crippen LogP contribution in [0.4, 0.5) is 0 Å². The van der Waals surface area contributed by atoms with E-state index in [1.165, 1.54) is 16.2 Å². The lowest BCUT2D eigenvalue weighted by Crippen LogP contribution is -2.49. The van der Waals surface area contributed by atoms with Gasteiger partial charge in [0.25, 0.3) is 0 Å². The smallest absolute Gasteiger partial charge is 0.342 e. The molecule has 0 saturated heterocycles. The number of nitrogens with one attached hydrogen (secondary N) is 1. The Morgan fingerprint density at radius 2 is 1.64 bits per heavy atom. The van der Waals surface area contributed by atoms with E-state index in [4.69, 9.17) is 32.9 Å². The zero-order chi connectivity index (χ0) is 31.1. The van der Waals surface area contributed by atoms with Crippen molar-refractivity contribution in [2.24, 2.45) is 34.5 Å². The van der Waals surface area contributed by atoms with Crippen LogP contribution in [-0.2, 0) is 4.74 Å². The number of halogens is 2. The summed E-state index contributed by atoms with van der Waals surface area (Å²) in [6.07, 6.45) is 2.62. The molecule has 3 aromatic rings. The molecule has 0 bridgehead atoms. The zero-order valence-corrected chi connectivity index (χ0v) is 28.6. The summed E-state index contributed by atoms with van der Waals surface area (Å²) in [5.41, 5.74) is 0.901. The van der Waals surface area contributed by atoms with E-state index in [0.29, 0.717) is 33.1 Å². The highest BCUT2D eigenvalue weighted by atomic mass is 35.5. The molecule has 6 nitrogen and oxygen atoms in total. The molecule has 1 fully saturated rings. The fourth-order valence-electron chi connectivity index (χ4n) is 6.18. The highest BCUT2D eigenvalue weighted by molar-refractivity contribution is 7.99. The Hall–Kier alpha value is -1.96. The first-order valence-electron chi connectivity index (χ1n) is 14.9. The van der Waals surface area contributed by atoms with Crippen LogP contribution in [-0.4, -0.2) is 32.2 Å². The summed E-state index contributed by atoms with van der Waals surface area (Å²) in [6, 6.07) is 7.07. The maximum absolute atomic E-state index is 14.5. The second-order valence-electron chi connectivity index (χ2n) is 14.5. The van der Waals surface area contributed by atoms with Gasteiger partial charge >= 0.3 is 11.7 Å². The molecule has 0 aliphatic heterocycles. The van der Waals surface area contributed by atoms with E-state index in [2.05, 4.69) is 67.3 Å². The summed E-state index contributed by atoms with van der Waals surface area (Å²) in [7, 11) is 0. The SMILES string of the molecule is CC(C)CCSc1nc2c(C(=O)OC3C(C(C)(C)C)CC(C)CC3C(C)(C)C)c(-c3ccc(Cl)cc3)c(Cl)n2c(=O)[nH]1. The molecule has 2 atom stereocenters. The van der Waals surface area contributed by atoms with Gasteiger partial charge in [-0.15, -0.1) is 0 Å². The van der Waals surface area contributed by atoms with Crippen LogP contribution in [0.3, 0.4) is 0 Å². The third-order valence-corrected chi connectivity index (χ3v) is 10.1. The maximum atomic E-state index is 14.5. The fourth-order valence-corrected chi connectivity index (χ4v) is 7.76. The normalized spacial score (nSPS) is 21.7. The number of nitrogens with zero attached hydrogens (tertiary/aromatic N) is 2. The average Bonchev–Trinajstić information content (AvgIpc) is 3.16. The number of thioether (sulfide) groups is 1. The molecule has 2 aromatic heterocycles. The maximum Gasteiger partial charge on any atom is 0.342 e. The number of rotatable bonds is 7. The van der Waals surface area contributed by atoms with E-state index < -0.39 is 11.7 Å². The number of H-pyrrole nitrogens is 1. The Morgan fingerprint density at radius 1 is 1.07 bits per heavy atom. The summed E-state index contributed by atoms with van der Waals surface area (Å²) in [5.74, 6) is 1.64. The van der Waals surface area contributed by atoms with Crippen molar-refractivity contribution in [1.82, 2.24) is 14.4 Å². The van der Waals surface area contributed by atoms with E-state index in [0.717, 1.165) is 25.0 Å². The topological polar surface area (TPSA) is 76.5 Å². The number of ether oxygens (including phenoxy) is 1. The van der Waals surface area contributed by atoms with E-state index in [1.54, 1.807) is 24.3 Å². The predicted molar refractivity (Wildman–Crippen MR) is 175 cm³/mol. The molecule has 1 aliphatic rings. The van der Waals surface area contributed by atoms with Crippen molar-refractivity contribution in [3.05, 3.63) is 50.5 Å². The molecule has 1 N–H and O–H groups in total. The van der Waals surface area contributed by atoms with Crippen LogP contribution in [0.25, 0.3) is 16.8 Å². The largest absolute Gasteiger partial charge is 0.458 e. The van der Waals surface area contributed by atoms with Gasteiger partial charge < -0.3 is 4.74 Å². The van der Waals surface area contributed by atoms with Gasteiger partial charge in [0.15, 0.2) is 10.8 Å². The molecule has 1 aliphatic carbocycles. The van der Waals surface area contributed by atoms with E-state index in [-0.39, 0.29) is 45.1 Å². The molecule has 1 saturated carbocycles.